The summed E-state index contributed by atoms with van der Waals surface area (Å²) in [4.78, 5) is 17.1. The van der Waals surface area contributed by atoms with Crippen LogP contribution < -0.4 is 0 Å². The van der Waals surface area contributed by atoms with Crippen LogP contribution in [0.3, 0.4) is 0 Å². The van der Waals surface area contributed by atoms with E-state index in [1.165, 1.54) is 17.4 Å². The number of hydrogen-bond acceptors (Lipinski definition) is 2. The molecule has 1 aromatic rings. The molecule has 0 saturated heterocycles. The average Bonchev–Trinajstić information content (AvgIpc) is 2.59. The summed E-state index contributed by atoms with van der Waals surface area (Å²) in [5.41, 5.74) is 6.34. The van der Waals surface area contributed by atoms with Gasteiger partial charge in [-0.1, -0.05) is 65.3 Å². The Morgan fingerprint density at radius 1 is 1.11 bits per heavy atom. The second-order valence-electron chi connectivity index (χ2n) is 7.91. The van der Waals surface area contributed by atoms with Crippen LogP contribution in [0.25, 0.3) is 5.20 Å². The lowest BCUT2D eigenvalue weighted by molar-refractivity contribution is -0.167. The first-order valence-corrected chi connectivity index (χ1v) is 12.2. The smallest absolute Gasteiger partial charge is 0.250 e. The Balaban J connectivity index is 3.60. The van der Waals surface area contributed by atoms with Gasteiger partial charge in [-0.05, 0) is 45.6 Å². The SMILES string of the molecule is CON(C)C(=O)CC=C=C(c1ccc(Cl)cc1)[Si](C(C)C)(C(C)C)C(C)C. The molecule has 0 aromatic heterocycles. The number of hydrogen-bond donors (Lipinski definition) is 0. The van der Waals surface area contributed by atoms with E-state index in [1.807, 2.05) is 18.2 Å². The molecule has 0 bridgehead atoms. The molecule has 0 fully saturated rings. The predicted octanol–water partition coefficient (Wildman–Crippen LogP) is 6.51. The van der Waals surface area contributed by atoms with Gasteiger partial charge in [0.05, 0.1) is 13.5 Å². The zero-order chi connectivity index (χ0) is 20.8. The van der Waals surface area contributed by atoms with Crippen molar-refractivity contribution in [1.82, 2.24) is 5.06 Å². The molecule has 0 unspecified atom stereocenters. The summed E-state index contributed by atoms with van der Waals surface area (Å²) in [6, 6.07) is 8.03. The van der Waals surface area contributed by atoms with Gasteiger partial charge in [0.25, 0.3) is 0 Å². The minimum absolute atomic E-state index is 0.0913. The van der Waals surface area contributed by atoms with Crippen LogP contribution in [0.1, 0.15) is 53.5 Å². The van der Waals surface area contributed by atoms with Crippen molar-refractivity contribution in [3.05, 3.63) is 46.7 Å². The predicted molar refractivity (Wildman–Crippen MR) is 118 cm³/mol. The molecule has 27 heavy (non-hydrogen) atoms. The summed E-state index contributed by atoms with van der Waals surface area (Å²) >= 11 is 6.12. The number of nitrogens with zero attached hydrogens (tertiary/aromatic N) is 1. The fourth-order valence-corrected chi connectivity index (χ4v) is 11.3. The first-order chi connectivity index (χ1) is 12.6. The van der Waals surface area contributed by atoms with Crippen LogP contribution >= 0.6 is 11.6 Å². The van der Waals surface area contributed by atoms with Crippen molar-refractivity contribution in [2.24, 2.45) is 0 Å². The van der Waals surface area contributed by atoms with Crippen molar-refractivity contribution in [3.8, 4) is 0 Å². The molecule has 0 aliphatic rings. The molecule has 0 heterocycles. The molecule has 0 saturated carbocycles. The van der Waals surface area contributed by atoms with Crippen molar-refractivity contribution < 1.29 is 9.63 Å². The van der Waals surface area contributed by atoms with Gasteiger partial charge in [0.1, 0.15) is 8.07 Å². The summed E-state index contributed by atoms with van der Waals surface area (Å²) in [5, 5.41) is 3.25. The first kappa shape index (κ1) is 23.7. The average molecular weight is 408 g/mol. The topological polar surface area (TPSA) is 29.5 Å². The highest BCUT2D eigenvalue weighted by atomic mass is 35.5. The van der Waals surface area contributed by atoms with E-state index in [9.17, 15) is 4.79 Å². The van der Waals surface area contributed by atoms with Gasteiger partial charge < -0.3 is 0 Å². The molecule has 0 N–H and O–H groups in total. The van der Waals surface area contributed by atoms with Crippen molar-refractivity contribution >= 4 is 30.8 Å². The van der Waals surface area contributed by atoms with Crippen LogP contribution in [-0.4, -0.2) is 33.2 Å². The van der Waals surface area contributed by atoms with Gasteiger partial charge in [-0.25, -0.2) is 5.06 Å². The van der Waals surface area contributed by atoms with Crippen molar-refractivity contribution in [3.63, 3.8) is 0 Å². The fraction of sp³-hybridized carbons (Fsp3) is 0.545. The van der Waals surface area contributed by atoms with Crippen LogP contribution in [0.5, 0.6) is 0 Å². The molecule has 0 radical (unpaired) electrons. The number of carbonyl (C=O) groups excluding carboxylic acids is 1. The molecule has 1 amide bonds. The van der Waals surface area contributed by atoms with Crippen molar-refractivity contribution in [2.45, 2.75) is 64.6 Å². The highest BCUT2D eigenvalue weighted by Crippen LogP contribution is 2.49. The molecule has 0 aliphatic heterocycles. The van der Waals surface area contributed by atoms with E-state index < -0.39 is 8.07 Å². The lowest BCUT2D eigenvalue weighted by Gasteiger charge is -2.44. The molecule has 0 aliphatic carbocycles. The zero-order valence-corrected chi connectivity index (χ0v) is 19.7. The quantitative estimate of drug-likeness (QED) is 0.279. The minimum atomic E-state index is -1.95. The largest absolute Gasteiger partial charge is 0.275 e. The molecule has 3 nitrogen and oxygen atoms in total. The Kier molecular flexibility index (Phi) is 9.03. The number of benzene rings is 1. The summed E-state index contributed by atoms with van der Waals surface area (Å²) in [6.45, 7) is 14.0. The van der Waals surface area contributed by atoms with E-state index in [2.05, 4.69) is 59.4 Å². The molecule has 0 spiro atoms. The maximum absolute atomic E-state index is 12.1. The highest BCUT2D eigenvalue weighted by Gasteiger charge is 2.46. The highest BCUT2D eigenvalue weighted by molar-refractivity contribution is 6.99. The van der Waals surface area contributed by atoms with Crippen LogP contribution in [-0.2, 0) is 9.63 Å². The maximum atomic E-state index is 12.1. The van der Waals surface area contributed by atoms with Gasteiger partial charge in [-0.2, -0.15) is 0 Å². The lowest BCUT2D eigenvalue weighted by atomic mass is 10.2. The number of amides is 1. The van der Waals surface area contributed by atoms with E-state index in [0.29, 0.717) is 16.6 Å². The van der Waals surface area contributed by atoms with Gasteiger partial charge in [0.15, 0.2) is 0 Å². The van der Waals surface area contributed by atoms with Gasteiger partial charge in [-0.15, -0.1) is 5.73 Å². The van der Waals surface area contributed by atoms with Crippen LogP contribution in [0.2, 0.25) is 21.6 Å². The van der Waals surface area contributed by atoms with E-state index in [4.69, 9.17) is 16.4 Å². The van der Waals surface area contributed by atoms with Gasteiger partial charge in [0, 0.05) is 12.1 Å². The molecule has 5 heteroatoms. The Morgan fingerprint density at radius 3 is 2.00 bits per heavy atom. The van der Waals surface area contributed by atoms with Crippen molar-refractivity contribution in [2.75, 3.05) is 14.2 Å². The molecule has 0 atom stereocenters. The first-order valence-electron chi connectivity index (χ1n) is 9.61. The Morgan fingerprint density at radius 2 is 1.59 bits per heavy atom. The molecule has 1 aromatic carbocycles. The van der Waals surface area contributed by atoms with Gasteiger partial charge >= 0.3 is 0 Å². The molecule has 1 rings (SSSR count). The third kappa shape index (κ3) is 5.36. The minimum Gasteiger partial charge on any atom is -0.275 e. The normalized spacial score (nSPS) is 11.7. The maximum Gasteiger partial charge on any atom is 0.250 e. The number of hydroxylamine groups is 2. The zero-order valence-electron chi connectivity index (χ0n) is 18.0. The van der Waals surface area contributed by atoms with Crippen molar-refractivity contribution in [1.29, 1.82) is 0 Å². The Bertz CT molecular complexity index is 667. The summed E-state index contributed by atoms with van der Waals surface area (Å²) < 4.78 is 0. The van der Waals surface area contributed by atoms with Crippen LogP contribution in [0.15, 0.2) is 36.1 Å². The second kappa shape index (κ2) is 10.3. The third-order valence-electron chi connectivity index (χ3n) is 5.58. The third-order valence-corrected chi connectivity index (χ3v) is 12.9. The molecule has 150 valence electrons. The fourth-order valence-electron chi connectivity index (χ4n) is 4.41. The summed E-state index contributed by atoms with van der Waals surface area (Å²) in [6.07, 6.45) is 2.12. The lowest BCUT2D eigenvalue weighted by Crippen LogP contribution is -2.45. The van der Waals surface area contributed by atoms with Crippen LogP contribution in [0, 0.1) is 0 Å². The number of carbonyl (C=O) groups is 1. The molecular formula is C22H34ClNO2Si. The summed E-state index contributed by atoms with van der Waals surface area (Å²) in [5.74, 6) is -0.0913. The van der Waals surface area contributed by atoms with E-state index in [1.54, 1.807) is 7.05 Å². The van der Waals surface area contributed by atoms with Gasteiger partial charge in [-0.3, -0.25) is 9.63 Å². The Labute approximate surface area is 171 Å². The van der Waals surface area contributed by atoms with Crippen LogP contribution in [0.4, 0.5) is 0 Å². The monoisotopic (exact) mass is 407 g/mol. The second-order valence-corrected chi connectivity index (χ2v) is 14.2. The molecular weight excluding hydrogens is 374 g/mol. The van der Waals surface area contributed by atoms with Gasteiger partial charge in [0.2, 0.25) is 5.91 Å². The van der Waals surface area contributed by atoms with E-state index >= 15 is 0 Å². The Hall–Kier alpha value is -1.32. The van der Waals surface area contributed by atoms with E-state index in [0.717, 1.165) is 10.6 Å². The number of rotatable bonds is 8. The summed E-state index contributed by atoms with van der Waals surface area (Å²) in [7, 11) is 1.16. The standard InChI is InChI=1S/C22H34ClNO2Si/c1-16(2)27(17(3)4,18(5)6)21(19-12-14-20(23)15-13-19)10-9-11-22(25)24(7)26-8/h9,12-18H,11H2,1-8H3. The van der Waals surface area contributed by atoms with E-state index in [-0.39, 0.29) is 12.3 Å². The number of halogens is 1.